The van der Waals surface area contributed by atoms with E-state index in [4.69, 9.17) is 4.74 Å². The van der Waals surface area contributed by atoms with Crippen LogP contribution in [0.25, 0.3) is 0 Å². The first-order valence-corrected chi connectivity index (χ1v) is 8.34. The quantitative estimate of drug-likeness (QED) is 0.701. The van der Waals surface area contributed by atoms with E-state index >= 15 is 0 Å². The molecule has 1 aliphatic rings. The Hall–Kier alpha value is -0.610. The Balaban J connectivity index is 2.48. The van der Waals surface area contributed by atoms with Crippen molar-refractivity contribution in [2.75, 3.05) is 33.8 Å². The van der Waals surface area contributed by atoms with Gasteiger partial charge in [-0.1, -0.05) is 13.3 Å². The summed E-state index contributed by atoms with van der Waals surface area (Å²) < 4.78 is 5.84. The Labute approximate surface area is 130 Å². The van der Waals surface area contributed by atoms with Crippen LogP contribution in [0.2, 0.25) is 0 Å². The maximum atomic E-state index is 12.3. The molecule has 0 aromatic heterocycles. The van der Waals surface area contributed by atoms with E-state index in [1.807, 2.05) is 0 Å². The van der Waals surface area contributed by atoms with E-state index in [0.717, 1.165) is 51.8 Å². The van der Waals surface area contributed by atoms with Gasteiger partial charge >= 0.3 is 0 Å². The van der Waals surface area contributed by atoms with Gasteiger partial charge in [0.2, 0.25) is 5.91 Å². The summed E-state index contributed by atoms with van der Waals surface area (Å²) in [7, 11) is 4.12. The summed E-state index contributed by atoms with van der Waals surface area (Å²) >= 11 is 0. The van der Waals surface area contributed by atoms with Gasteiger partial charge < -0.3 is 15.0 Å². The molecule has 0 aromatic rings. The molecular formula is C17H34N2O2. The molecule has 21 heavy (non-hydrogen) atoms. The van der Waals surface area contributed by atoms with Crippen LogP contribution in [0.5, 0.6) is 0 Å². The van der Waals surface area contributed by atoms with Crippen LogP contribution < -0.4 is 5.32 Å². The summed E-state index contributed by atoms with van der Waals surface area (Å²) in [5.41, 5.74) is 0.0285. The Morgan fingerprint density at radius 2 is 2.05 bits per heavy atom. The molecule has 1 amide bonds. The van der Waals surface area contributed by atoms with Crippen molar-refractivity contribution >= 4 is 5.91 Å². The van der Waals surface area contributed by atoms with Gasteiger partial charge in [-0.25, -0.2) is 0 Å². The van der Waals surface area contributed by atoms with E-state index in [2.05, 4.69) is 45.1 Å². The lowest BCUT2D eigenvalue weighted by Gasteiger charge is -2.44. The van der Waals surface area contributed by atoms with Crippen LogP contribution >= 0.6 is 0 Å². The van der Waals surface area contributed by atoms with Crippen LogP contribution in [0.3, 0.4) is 0 Å². The van der Waals surface area contributed by atoms with Crippen LogP contribution in [0, 0.1) is 5.41 Å². The fourth-order valence-corrected chi connectivity index (χ4v) is 3.60. The van der Waals surface area contributed by atoms with Crippen molar-refractivity contribution in [1.29, 1.82) is 0 Å². The van der Waals surface area contributed by atoms with E-state index in [-0.39, 0.29) is 16.9 Å². The number of rotatable bonds is 8. The first kappa shape index (κ1) is 18.4. The lowest BCUT2D eigenvalue weighted by molar-refractivity contribution is -0.134. The van der Waals surface area contributed by atoms with Gasteiger partial charge in [0.05, 0.1) is 5.60 Å². The summed E-state index contributed by atoms with van der Waals surface area (Å²) in [6.45, 7) is 9.07. The highest BCUT2D eigenvalue weighted by molar-refractivity contribution is 5.76. The molecule has 0 radical (unpaired) electrons. The SMILES string of the molecule is CCCC1(CC(=O)NCCCN(C)C)CCOC(C)(C)C1. The minimum atomic E-state index is -0.0986. The topological polar surface area (TPSA) is 41.6 Å². The lowest BCUT2D eigenvalue weighted by atomic mass is 9.69. The van der Waals surface area contributed by atoms with Crippen LogP contribution in [0.15, 0.2) is 0 Å². The molecule has 1 rings (SSSR count). The second-order valence-corrected chi connectivity index (χ2v) is 7.47. The van der Waals surface area contributed by atoms with Crippen molar-refractivity contribution in [2.24, 2.45) is 5.41 Å². The van der Waals surface area contributed by atoms with Gasteiger partial charge in [0.1, 0.15) is 0 Å². The van der Waals surface area contributed by atoms with Gasteiger partial charge in [-0.3, -0.25) is 4.79 Å². The molecule has 0 aliphatic carbocycles. The Bertz CT molecular complexity index is 325. The summed E-state index contributed by atoms with van der Waals surface area (Å²) in [6.07, 6.45) is 5.90. The Morgan fingerprint density at radius 1 is 1.33 bits per heavy atom. The van der Waals surface area contributed by atoms with Crippen molar-refractivity contribution in [3.8, 4) is 0 Å². The largest absolute Gasteiger partial charge is 0.376 e. The second-order valence-electron chi connectivity index (χ2n) is 7.47. The zero-order valence-electron chi connectivity index (χ0n) is 14.6. The summed E-state index contributed by atoms with van der Waals surface area (Å²) in [4.78, 5) is 14.4. The van der Waals surface area contributed by atoms with E-state index in [1.165, 1.54) is 0 Å². The van der Waals surface area contributed by atoms with Crippen molar-refractivity contribution < 1.29 is 9.53 Å². The first-order chi connectivity index (χ1) is 9.79. The third-order valence-corrected chi connectivity index (χ3v) is 4.35. The molecule has 0 spiro atoms. The monoisotopic (exact) mass is 298 g/mol. The van der Waals surface area contributed by atoms with E-state index in [0.29, 0.717) is 6.42 Å². The fourth-order valence-electron chi connectivity index (χ4n) is 3.60. The third kappa shape index (κ3) is 6.79. The maximum absolute atomic E-state index is 12.3. The number of ether oxygens (including phenoxy) is 1. The number of nitrogens with one attached hydrogen (secondary N) is 1. The minimum Gasteiger partial charge on any atom is -0.376 e. The summed E-state index contributed by atoms with van der Waals surface area (Å²) in [6, 6.07) is 0. The van der Waals surface area contributed by atoms with Gasteiger partial charge in [-0.2, -0.15) is 0 Å². The highest BCUT2D eigenvalue weighted by Gasteiger charge is 2.41. The van der Waals surface area contributed by atoms with Crippen molar-refractivity contribution in [3.05, 3.63) is 0 Å². The zero-order valence-corrected chi connectivity index (χ0v) is 14.6. The van der Waals surface area contributed by atoms with Gasteiger partial charge in [-0.05, 0) is 65.6 Å². The zero-order chi connectivity index (χ0) is 15.9. The highest BCUT2D eigenvalue weighted by Crippen LogP contribution is 2.44. The van der Waals surface area contributed by atoms with Gasteiger partial charge in [-0.15, -0.1) is 0 Å². The second kappa shape index (κ2) is 8.14. The van der Waals surface area contributed by atoms with Crippen LogP contribution in [0.1, 0.15) is 59.3 Å². The average molecular weight is 298 g/mol. The van der Waals surface area contributed by atoms with Crippen molar-refractivity contribution in [1.82, 2.24) is 10.2 Å². The number of carbonyl (C=O) groups excluding carboxylic acids is 1. The van der Waals surface area contributed by atoms with Crippen LogP contribution in [0.4, 0.5) is 0 Å². The Morgan fingerprint density at radius 3 is 2.62 bits per heavy atom. The predicted octanol–water partition coefficient (Wildman–Crippen LogP) is 2.82. The molecule has 1 heterocycles. The van der Waals surface area contributed by atoms with Crippen molar-refractivity contribution in [3.63, 3.8) is 0 Å². The third-order valence-electron chi connectivity index (χ3n) is 4.35. The number of amides is 1. The molecule has 4 heteroatoms. The summed E-state index contributed by atoms with van der Waals surface area (Å²) in [5.74, 6) is 0.208. The average Bonchev–Trinajstić information content (AvgIpc) is 2.33. The molecule has 0 saturated carbocycles. The van der Waals surface area contributed by atoms with Gasteiger partial charge in [0.15, 0.2) is 0 Å². The molecule has 0 aromatic carbocycles. The number of hydrogen-bond donors (Lipinski definition) is 1. The predicted molar refractivity (Wildman–Crippen MR) is 87.4 cm³/mol. The molecule has 1 fully saturated rings. The molecule has 1 saturated heterocycles. The standard InChI is InChI=1S/C17H34N2O2/c1-6-8-17(9-12-21-16(2,3)14-17)13-15(20)18-10-7-11-19(4)5/h6-14H2,1-5H3,(H,18,20). The normalized spacial score (nSPS) is 25.0. The Kier molecular flexibility index (Phi) is 7.14. The molecule has 1 unspecified atom stereocenters. The maximum Gasteiger partial charge on any atom is 0.220 e. The van der Waals surface area contributed by atoms with Gasteiger partial charge in [0, 0.05) is 19.6 Å². The highest BCUT2D eigenvalue weighted by atomic mass is 16.5. The smallest absolute Gasteiger partial charge is 0.220 e. The fraction of sp³-hybridized carbons (Fsp3) is 0.941. The molecule has 1 N–H and O–H groups in total. The van der Waals surface area contributed by atoms with E-state index < -0.39 is 0 Å². The molecule has 1 atom stereocenters. The summed E-state index contributed by atoms with van der Waals surface area (Å²) in [5, 5.41) is 3.09. The van der Waals surface area contributed by atoms with Gasteiger partial charge in [0.25, 0.3) is 0 Å². The number of carbonyl (C=O) groups is 1. The first-order valence-electron chi connectivity index (χ1n) is 8.34. The minimum absolute atomic E-state index is 0.0986. The molecule has 0 bridgehead atoms. The molecule has 124 valence electrons. The van der Waals surface area contributed by atoms with E-state index in [1.54, 1.807) is 0 Å². The van der Waals surface area contributed by atoms with E-state index in [9.17, 15) is 4.79 Å². The van der Waals surface area contributed by atoms with Crippen LogP contribution in [-0.4, -0.2) is 50.2 Å². The molecule has 1 aliphatic heterocycles. The number of hydrogen-bond acceptors (Lipinski definition) is 3. The lowest BCUT2D eigenvalue weighted by Crippen LogP contribution is -2.44. The van der Waals surface area contributed by atoms with Crippen molar-refractivity contribution in [2.45, 2.75) is 64.9 Å². The molecule has 4 nitrogen and oxygen atoms in total. The van der Waals surface area contributed by atoms with Crippen LogP contribution in [-0.2, 0) is 9.53 Å². The number of nitrogens with zero attached hydrogens (tertiary/aromatic N) is 1. The molecular weight excluding hydrogens is 264 g/mol.